The molecular formula is C12H14INO3. The smallest absolute Gasteiger partial charge is 0.176 e. The number of β-amino-alcohol motifs (C(OH)–C–C–N with tert-alkyl or cyclic N) is 2. The van der Waals surface area contributed by atoms with E-state index in [1.54, 1.807) is 17.0 Å². The van der Waals surface area contributed by atoms with Crippen molar-refractivity contribution in [1.29, 1.82) is 0 Å². The zero-order valence-electron chi connectivity index (χ0n) is 9.21. The number of Topliss-reactive ketones (excluding diaryl/α,β-unsaturated/α-hetero) is 1. The second-order valence-electron chi connectivity index (χ2n) is 4.26. The highest BCUT2D eigenvalue weighted by Gasteiger charge is 2.30. The number of rotatable bonds is 3. The van der Waals surface area contributed by atoms with E-state index in [1.165, 1.54) is 0 Å². The first-order valence-electron chi connectivity index (χ1n) is 5.43. The number of ketones is 1. The Bertz CT molecular complexity index is 397. The lowest BCUT2D eigenvalue weighted by atomic mass is 10.1. The summed E-state index contributed by atoms with van der Waals surface area (Å²) in [5.74, 6) is 0.0164. The molecule has 0 spiro atoms. The van der Waals surface area contributed by atoms with E-state index in [0.29, 0.717) is 18.7 Å². The van der Waals surface area contributed by atoms with Gasteiger partial charge < -0.3 is 10.2 Å². The number of benzene rings is 1. The topological polar surface area (TPSA) is 60.8 Å². The van der Waals surface area contributed by atoms with Gasteiger partial charge in [0.05, 0.1) is 18.8 Å². The van der Waals surface area contributed by atoms with Gasteiger partial charge in [0.15, 0.2) is 5.78 Å². The van der Waals surface area contributed by atoms with E-state index in [-0.39, 0.29) is 12.3 Å². The van der Waals surface area contributed by atoms with Crippen LogP contribution in [0, 0.1) is 3.57 Å². The number of likely N-dealkylation sites (tertiary alicyclic amines) is 1. The lowest BCUT2D eigenvalue weighted by Crippen LogP contribution is -2.28. The summed E-state index contributed by atoms with van der Waals surface area (Å²) in [6.07, 6.45) is -1.47. The number of aliphatic hydroxyl groups excluding tert-OH is 2. The van der Waals surface area contributed by atoms with E-state index in [4.69, 9.17) is 0 Å². The van der Waals surface area contributed by atoms with Crippen LogP contribution in [0.4, 0.5) is 0 Å². The molecule has 0 aliphatic carbocycles. The summed E-state index contributed by atoms with van der Waals surface area (Å²) >= 11 is 2.19. The second-order valence-corrected chi connectivity index (χ2v) is 5.50. The molecule has 1 aliphatic heterocycles. The first-order chi connectivity index (χ1) is 8.06. The molecule has 1 aromatic carbocycles. The van der Waals surface area contributed by atoms with Crippen LogP contribution in [0.2, 0.25) is 0 Å². The first-order valence-corrected chi connectivity index (χ1v) is 6.51. The maximum absolute atomic E-state index is 11.9. The monoisotopic (exact) mass is 347 g/mol. The standard InChI is InChI=1S/C12H14INO3/c13-9-3-1-8(2-4-9)10(15)5-14-6-11(16)12(17)7-14/h1-4,11-12,16-17H,5-7H2. The van der Waals surface area contributed by atoms with Gasteiger partial charge in [0.2, 0.25) is 0 Å². The minimum absolute atomic E-state index is 0.0164. The van der Waals surface area contributed by atoms with E-state index >= 15 is 0 Å². The lowest BCUT2D eigenvalue weighted by molar-refractivity contribution is 0.0572. The second kappa shape index (κ2) is 5.43. The van der Waals surface area contributed by atoms with Gasteiger partial charge in [-0.05, 0) is 34.7 Å². The van der Waals surface area contributed by atoms with Crippen LogP contribution in [0.3, 0.4) is 0 Å². The minimum Gasteiger partial charge on any atom is -0.389 e. The van der Waals surface area contributed by atoms with Crippen LogP contribution in [-0.4, -0.2) is 52.7 Å². The van der Waals surface area contributed by atoms with E-state index < -0.39 is 12.2 Å². The van der Waals surface area contributed by atoms with Gasteiger partial charge in [-0.2, -0.15) is 0 Å². The molecule has 1 fully saturated rings. The minimum atomic E-state index is -0.737. The van der Waals surface area contributed by atoms with Crippen molar-refractivity contribution in [1.82, 2.24) is 4.90 Å². The Kier molecular flexibility index (Phi) is 4.13. The molecule has 17 heavy (non-hydrogen) atoms. The molecule has 1 heterocycles. The third-order valence-corrected chi connectivity index (χ3v) is 3.59. The third kappa shape index (κ3) is 3.25. The number of hydrogen-bond acceptors (Lipinski definition) is 4. The Morgan fingerprint density at radius 3 is 2.29 bits per heavy atom. The van der Waals surface area contributed by atoms with Crippen molar-refractivity contribution in [3.63, 3.8) is 0 Å². The van der Waals surface area contributed by atoms with Crippen LogP contribution in [0.5, 0.6) is 0 Å². The van der Waals surface area contributed by atoms with E-state index in [2.05, 4.69) is 22.6 Å². The summed E-state index contributed by atoms with van der Waals surface area (Å²) in [6.45, 7) is 0.962. The predicted molar refractivity (Wildman–Crippen MR) is 71.9 cm³/mol. The van der Waals surface area contributed by atoms with E-state index in [0.717, 1.165) is 3.57 Å². The van der Waals surface area contributed by atoms with Crippen LogP contribution < -0.4 is 0 Å². The van der Waals surface area contributed by atoms with Gasteiger partial charge in [0.1, 0.15) is 0 Å². The van der Waals surface area contributed by atoms with Gasteiger partial charge in [-0.15, -0.1) is 0 Å². The lowest BCUT2D eigenvalue weighted by Gasteiger charge is -2.13. The van der Waals surface area contributed by atoms with E-state index in [1.807, 2.05) is 12.1 Å². The van der Waals surface area contributed by atoms with Gasteiger partial charge in [0, 0.05) is 22.2 Å². The molecule has 1 aliphatic rings. The van der Waals surface area contributed by atoms with Crippen molar-refractivity contribution in [2.24, 2.45) is 0 Å². The quantitative estimate of drug-likeness (QED) is 0.618. The first kappa shape index (κ1) is 12.9. The average Bonchev–Trinajstić information content (AvgIpc) is 2.58. The van der Waals surface area contributed by atoms with Crippen LogP contribution in [0.15, 0.2) is 24.3 Å². The molecule has 4 nitrogen and oxygen atoms in total. The summed E-state index contributed by atoms with van der Waals surface area (Å²) < 4.78 is 1.09. The van der Waals surface area contributed by atoms with Gasteiger partial charge in [0.25, 0.3) is 0 Å². The summed E-state index contributed by atoms with van der Waals surface area (Å²) in [7, 11) is 0. The molecule has 0 bridgehead atoms. The largest absolute Gasteiger partial charge is 0.389 e. The number of nitrogens with zero attached hydrogens (tertiary/aromatic N) is 1. The molecule has 92 valence electrons. The van der Waals surface area contributed by atoms with Gasteiger partial charge >= 0.3 is 0 Å². The highest BCUT2D eigenvalue weighted by molar-refractivity contribution is 14.1. The molecule has 0 radical (unpaired) electrons. The molecule has 2 N–H and O–H groups in total. The molecular weight excluding hydrogens is 333 g/mol. The maximum Gasteiger partial charge on any atom is 0.176 e. The molecule has 1 aromatic rings. The van der Waals surface area contributed by atoms with Gasteiger partial charge in [-0.3, -0.25) is 9.69 Å². The molecule has 2 rings (SSSR count). The molecule has 2 unspecified atom stereocenters. The van der Waals surface area contributed by atoms with Crippen LogP contribution >= 0.6 is 22.6 Å². The van der Waals surface area contributed by atoms with Gasteiger partial charge in [-0.1, -0.05) is 12.1 Å². The molecule has 2 atom stereocenters. The van der Waals surface area contributed by atoms with E-state index in [9.17, 15) is 15.0 Å². The number of carbonyl (C=O) groups is 1. The summed E-state index contributed by atoms with van der Waals surface area (Å²) in [5.41, 5.74) is 0.668. The summed E-state index contributed by atoms with van der Waals surface area (Å²) in [5, 5.41) is 18.8. The fraction of sp³-hybridized carbons (Fsp3) is 0.417. The Balaban J connectivity index is 1.96. The highest BCUT2D eigenvalue weighted by Crippen LogP contribution is 2.12. The highest BCUT2D eigenvalue weighted by atomic mass is 127. The van der Waals surface area contributed by atoms with Crippen LogP contribution in [-0.2, 0) is 0 Å². The summed E-state index contributed by atoms with van der Waals surface area (Å²) in [4.78, 5) is 13.7. The number of halogens is 1. The Hall–Kier alpha value is -0.500. The average molecular weight is 347 g/mol. The molecule has 1 saturated heterocycles. The van der Waals surface area contributed by atoms with Crippen LogP contribution in [0.1, 0.15) is 10.4 Å². The van der Waals surface area contributed by atoms with Crippen molar-refractivity contribution in [3.05, 3.63) is 33.4 Å². The zero-order chi connectivity index (χ0) is 12.4. The van der Waals surface area contributed by atoms with Crippen molar-refractivity contribution < 1.29 is 15.0 Å². The van der Waals surface area contributed by atoms with Crippen LogP contribution in [0.25, 0.3) is 0 Å². The van der Waals surface area contributed by atoms with Crippen molar-refractivity contribution >= 4 is 28.4 Å². The maximum atomic E-state index is 11.9. The van der Waals surface area contributed by atoms with Gasteiger partial charge in [-0.25, -0.2) is 0 Å². The molecule has 0 aromatic heterocycles. The molecule has 5 heteroatoms. The third-order valence-electron chi connectivity index (χ3n) is 2.87. The Morgan fingerprint density at radius 2 is 1.76 bits per heavy atom. The normalized spacial score (nSPS) is 25.1. The van der Waals surface area contributed by atoms with Crippen molar-refractivity contribution in [3.8, 4) is 0 Å². The fourth-order valence-corrected chi connectivity index (χ4v) is 2.27. The van der Waals surface area contributed by atoms with Crippen molar-refractivity contribution in [2.45, 2.75) is 12.2 Å². The number of hydrogen-bond donors (Lipinski definition) is 2. The Morgan fingerprint density at radius 1 is 1.24 bits per heavy atom. The molecule has 0 amide bonds. The molecule has 0 saturated carbocycles. The predicted octanol–water partition coefficient (Wildman–Crippen LogP) is 0.511. The number of aliphatic hydroxyl groups is 2. The number of carbonyl (C=O) groups excluding carboxylic acids is 1. The van der Waals surface area contributed by atoms with Crippen molar-refractivity contribution in [2.75, 3.05) is 19.6 Å². The fourth-order valence-electron chi connectivity index (χ4n) is 1.91. The zero-order valence-corrected chi connectivity index (χ0v) is 11.4. The SMILES string of the molecule is O=C(CN1CC(O)C(O)C1)c1ccc(I)cc1. The summed E-state index contributed by atoms with van der Waals surface area (Å²) in [6, 6.07) is 7.38. The Labute approximate surface area is 113 Å².